The molecule has 3 heteroatoms. The summed E-state index contributed by atoms with van der Waals surface area (Å²) >= 11 is 3.73. The summed E-state index contributed by atoms with van der Waals surface area (Å²) in [4.78, 5) is 0. The summed E-state index contributed by atoms with van der Waals surface area (Å²) in [5.41, 5.74) is 7.19. The van der Waals surface area contributed by atoms with Gasteiger partial charge in [0.15, 0.2) is 0 Å². The molecule has 2 aromatic heterocycles. The summed E-state index contributed by atoms with van der Waals surface area (Å²) in [7, 11) is 0. The van der Waals surface area contributed by atoms with Gasteiger partial charge in [-0.25, -0.2) is 0 Å². The highest BCUT2D eigenvalue weighted by molar-refractivity contribution is 9.10. The highest BCUT2D eigenvalue weighted by atomic mass is 79.9. The van der Waals surface area contributed by atoms with Crippen LogP contribution in [0.2, 0.25) is 0 Å². The summed E-state index contributed by atoms with van der Waals surface area (Å²) in [6.07, 6.45) is 22.7. The molecule has 3 aromatic carbocycles. The molecule has 1 aliphatic carbocycles. The summed E-state index contributed by atoms with van der Waals surface area (Å²) in [6, 6.07) is 19.9. The van der Waals surface area contributed by atoms with Crippen LogP contribution in [-0.2, 0) is 0 Å². The van der Waals surface area contributed by atoms with Gasteiger partial charge in [-0.15, -0.1) is 6.58 Å². The molecule has 0 atom stereocenters. The Morgan fingerprint density at radius 3 is 2.57 bits per heavy atom. The van der Waals surface area contributed by atoms with Crippen molar-refractivity contribution in [3.05, 3.63) is 120 Å². The number of benzene rings is 3. The van der Waals surface area contributed by atoms with Crippen molar-refractivity contribution < 1.29 is 0 Å². The minimum Gasteiger partial charge on any atom is -0.308 e. The Morgan fingerprint density at radius 1 is 0.919 bits per heavy atom. The Morgan fingerprint density at radius 2 is 1.73 bits per heavy atom. The van der Waals surface area contributed by atoms with Crippen LogP contribution in [0, 0.1) is 0 Å². The molecule has 2 heterocycles. The number of fused-ring (bicyclic) bond motifs is 7. The van der Waals surface area contributed by atoms with Gasteiger partial charge >= 0.3 is 0 Å². The molecule has 2 nitrogen and oxygen atoms in total. The van der Waals surface area contributed by atoms with E-state index in [0.717, 1.165) is 29.4 Å². The number of nitrogens with zero attached hydrogens (tertiary/aromatic N) is 2. The number of rotatable bonds is 5. The molecule has 0 amide bonds. The molecule has 0 unspecified atom stereocenters. The van der Waals surface area contributed by atoms with E-state index in [9.17, 15) is 0 Å². The van der Waals surface area contributed by atoms with Gasteiger partial charge in [-0.05, 0) is 68.7 Å². The maximum atomic E-state index is 3.89. The molecule has 0 fully saturated rings. The maximum absolute atomic E-state index is 3.89. The van der Waals surface area contributed by atoms with Crippen molar-refractivity contribution in [3.8, 4) is 0 Å². The highest BCUT2D eigenvalue weighted by Gasteiger charge is 2.21. The standard InChI is InChI=1S/C34H29BrN2/c1-3-5-9-14-25(4-2)36-31-18-13-12-17-27(31)28-20-21-29-30-23-24(35)19-22-32(30)37(34(29)33(28)36)26-15-10-7-6-8-11-16-26/h3-4,7,9-23H,1,5-6,8H2,2H3/b10-7-,14-9-,16-11-,25-4+,26-15+. The molecule has 37 heavy (non-hydrogen) atoms. The number of hydrogen-bond donors (Lipinski definition) is 0. The van der Waals surface area contributed by atoms with Crippen LogP contribution in [0.5, 0.6) is 0 Å². The Hall–Kier alpha value is -3.82. The van der Waals surface area contributed by atoms with E-state index in [1.54, 1.807) is 0 Å². The Kier molecular flexibility index (Phi) is 6.31. The number of para-hydroxylation sites is 1. The van der Waals surface area contributed by atoms with Gasteiger partial charge in [0.1, 0.15) is 0 Å². The maximum Gasteiger partial charge on any atom is 0.0788 e. The van der Waals surface area contributed by atoms with E-state index in [4.69, 9.17) is 0 Å². The number of allylic oxidation sites excluding steroid dienone is 11. The monoisotopic (exact) mass is 544 g/mol. The van der Waals surface area contributed by atoms with Gasteiger partial charge in [-0.3, -0.25) is 0 Å². The highest BCUT2D eigenvalue weighted by Crippen LogP contribution is 2.42. The van der Waals surface area contributed by atoms with Crippen molar-refractivity contribution in [2.45, 2.75) is 26.2 Å². The molecular weight excluding hydrogens is 516 g/mol. The molecule has 0 N–H and O–H groups in total. The van der Waals surface area contributed by atoms with E-state index >= 15 is 0 Å². The Bertz CT molecular complexity index is 1830. The van der Waals surface area contributed by atoms with Gasteiger partial charge in [-0.2, -0.15) is 0 Å². The average molecular weight is 546 g/mol. The zero-order valence-corrected chi connectivity index (χ0v) is 22.6. The topological polar surface area (TPSA) is 9.86 Å². The molecule has 0 saturated carbocycles. The first-order valence-corrected chi connectivity index (χ1v) is 13.7. The fourth-order valence-electron chi connectivity index (χ4n) is 5.51. The van der Waals surface area contributed by atoms with Gasteiger partial charge in [0.05, 0.1) is 22.1 Å². The van der Waals surface area contributed by atoms with Crippen molar-refractivity contribution >= 4 is 70.9 Å². The minimum atomic E-state index is 0.836. The molecule has 0 aliphatic heterocycles. The van der Waals surface area contributed by atoms with Crippen LogP contribution in [0.3, 0.4) is 0 Å². The second-order valence-electron chi connectivity index (χ2n) is 9.35. The molecule has 6 rings (SSSR count). The lowest BCUT2D eigenvalue weighted by Gasteiger charge is -2.14. The fraction of sp³-hybridized carbons (Fsp3) is 0.118. The molecule has 0 saturated heterocycles. The van der Waals surface area contributed by atoms with Gasteiger partial charge < -0.3 is 9.13 Å². The van der Waals surface area contributed by atoms with E-state index in [1.807, 2.05) is 6.08 Å². The molecule has 0 radical (unpaired) electrons. The minimum absolute atomic E-state index is 0.836. The van der Waals surface area contributed by atoms with Gasteiger partial charge in [0, 0.05) is 37.4 Å². The van der Waals surface area contributed by atoms with E-state index < -0.39 is 0 Å². The molecule has 182 valence electrons. The normalized spacial score (nSPS) is 17.9. The van der Waals surface area contributed by atoms with Crippen LogP contribution in [0.15, 0.2) is 120 Å². The predicted molar refractivity (Wildman–Crippen MR) is 166 cm³/mol. The first-order valence-electron chi connectivity index (χ1n) is 12.9. The van der Waals surface area contributed by atoms with Crippen LogP contribution < -0.4 is 0 Å². The Balaban J connectivity index is 1.85. The third kappa shape index (κ3) is 3.95. The van der Waals surface area contributed by atoms with Gasteiger partial charge in [0.2, 0.25) is 0 Å². The first kappa shape index (κ1) is 23.6. The number of halogens is 1. The third-order valence-corrected chi connectivity index (χ3v) is 7.61. The van der Waals surface area contributed by atoms with E-state index in [-0.39, 0.29) is 0 Å². The van der Waals surface area contributed by atoms with Crippen LogP contribution in [0.1, 0.15) is 26.2 Å². The molecule has 0 spiro atoms. The second-order valence-corrected chi connectivity index (χ2v) is 10.3. The fourth-order valence-corrected chi connectivity index (χ4v) is 5.87. The summed E-state index contributed by atoms with van der Waals surface area (Å²) < 4.78 is 5.96. The van der Waals surface area contributed by atoms with Crippen molar-refractivity contribution in [1.82, 2.24) is 9.13 Å². The predicted octanol–water partition coefficient (Wildman–Crippen LogP) is 10.4. The number of aromatic nitrogens is 2. The largest absolute Gasteiger partial charge is 0.308 e. The van der Waals surface area contributed by atoms with Crippen LogP contribution in [0.25, 0.3) is 55.0 Å². The summed E-state index contributed by atoms with van der Waals surface area (Å²) in [6.45, 7) is 6.01. The molecule has 1 aliphatic rings. The first-order chi connectivity index (χ1) is 18.2. The lowest BCUT2D eigenvalue weighted by Crippen LogP contribution is -2.00. The summed E-state index contributed by atoms with van der Waals surface area (Å²) in [5, 5.41) is 5.01. The van der Waals surface area contributed by atoms with Crippen molar-refractivity contribution in [2.75, 3.05) is 0 Å². The summed E-state index contributed by atoms with van der Waals surface area (Å²) in [5.74, 6) is 0. The molecule has 5 aromatic rings. The van der Waals surface area contributed by atoms with Crippen molar-refractivity contribution in [2.24, 2.45) is 0 Å². The lowest BCUT2D eigenvalue weighted by molar-refractivity contribution is 1.05. The van der Waals surface area contributed by atoms with Gasteiger partial charge in [-0.1, -0.05) is 82.7 Å². The van der Waals surface area contributed by atoms with Crippen LogP contribution in [-0.4, -0.2) is 9.13 Å². The van der Waals surface area contributed by atoms with E-state index in [0.29, 0.717) is 0 Å². The molecule has 0 bridgehead atoms. The molecular formula is C34H29BrN2. The van der Waals surface area contributed by atoms with Crippen LogP contribution in [0.4, 0.5) is 0 Å². The number of hydrogen-bond acceptors (Lipinski definition) is 0. The SMILES string of the molecule is C=CC/C=C\C(=C/C)n1c2ccccc2c2ccc3c4cc(Br)ccc4n(C4=C/C=C\CC/C=C\4)c3c21. The van der Waals surface area contributed by atoms with E-state index in [2.05, 4.69) is 142 Å². The Labute approximate surface area is 226 Å². The van der Waals surface area contributed by atoms with Crippen molar-refractivity contribution in [1.29, 1.82) is 0 Å². The third-order valence-electron chi connectivity index (χ3n) is 7.12. The zero-order valence-electron chi connectivity index (χ0n) is 21.0. The average Bonchev–Trinajstić information content (AvgIpc) is 3.40. The second kappa shape index (κ2) is 9.91. The van der Waals surface area contributed by atoms with E-state index in [1.165, 1.54) is 49.3 Å². The lowest BCUT2D eigenvalue weighted by atomic mass is 10.1. The van der Waals surface area contributed by atoms with Crippen molar-refractivity contribution in [3.63, 3.8) is 0 Å². The van der Waals surface area contributed by atoms with Gasteiger partial charge in [0.25, 0.3) is 0 Å². The quantitative estimate of drug-likeness (QED) is 0.154. The van der Waals surface area contributed by atoms with Crippen LogP contribution >= 0.6 is 15.9 Å². The zero-order chi connectivity index (χ0) is 25.4. The smallest absolute Gasteiger partial charge is 0.0788 e.